The third kappa shape index (κ3) is 5.17. The Morgan fingerprint density at radius 2 is 2.00 bits per heavy atom. The molecular formula is C16H17BrN2OS. The number of hydrogen-bond acceptors (Lipinski definition) is 3. The molecular weight excluding hydrogens is 348 g/mol. The predicted octanol–water partition coefficient (Wildman–Crippen LogP) is 4.49. The van der Waals surface area contributed by atoms with Crippen molar-refractivity contribution in [2.75, 3.05) is 5.32 Å². The number of pyridine rings is 1. The summed E-state index contributed by atoms with van der Waals surface area (Å²) in [4.78, 5) is 17.1. The number of carbonyl (C=O) groups excluding carboxylic acids is 1. The summed E-state index contributed by atoms with van der Waals surface area (Å²) >= 11 is 5.09. The number of amides is 1. The van der Waals surface area contributed by atoms with E-state index in [2.05, 4.69) is 32.3 Å². The molecule has 0 spiro atoms. The Hall–Kier alpha value is -1.33. The van der Waals surface area contributed by atoms with Crippen LogP contribution in [0.5, 0.6) is 0 Å². The van der Waals surface area contributed by atoms with Crippen LogP contribution in [-0.2, 0) is 10.5 Å². The van der Waals surface area contributed by atoms with E-state index in [0.29, 0.717) is 0 Å². The normalized spacial score (nSPS) is 11.2. The van der Waals surface area contributed by atoms with Crippen molar-refractivity contribution < 1.29 is 4.79 Å². The first kappa shape index (κ1) is 16.0. The van der Waals surface area contributed by atoms with E-state index in [9.17, 15) is 4.79 Å². The van der Waals surface area contributed by atoms with Crippen molar-refractivity contribution >= 4 is 39.3 Å². The number of aromatic nitrogens is 1. The number of alkyl halides is 1. The number of anilines is 1. The van der Waals surface area contributed by atoms with Crippen molar-refractivity contribution in [1.82, 2.24) is 4.98 Å². The summed E-state index contributed by atoms with van der Waals surface area (Å²) in [5, 5.41) is 2.88. The number of halogens is 1. The quantitative estimate of drug-likeness (QED) is 0.627. The molecule has 0 aliphatic rings. The summed E-state index contributed by atoms with van der Waals surface area (Å²) in [7, 11) is 0. The third-order valence-corrected chi connectivity index (χ3v) is 4.22. The molecule has 3 nitrogen and oxygen atoms in total. The van der Waals surface area contributed by atoms with Gasteiger partial charge in [-0.15, -0.1) is 11.8 Å². The summed E-state index contributed by atoms with van der Waals surface area (Å²) in [5.41, 5.74) is 2.00. The van der Waals surface area contributed by atoms with Gasteiger partial charge in [0.1, 0.15) is 0 Å². The summed E-state index contributed by atoms with van der Waals surface area (Å²) in [6.45, 7) is 3.64. The molecule has 0 saturated heterocycles. The minimum atomic E-state index is -0.569. The molecule has 2 aromatic rings. The zero-order valence-electron chi connectivity index (χ0n) is 12.0. The van der Waals surface area contributed by atoms with Gasteiger partial charge in [-0.3, -0.25) is 9.78 Å². The molecule has 1 aromatic heterocycles. The van der Waals surface area contributed by atoms with E-state index in [1.165, 1.54) is 5.56 Å². The largest absolute Gasteiger partial charge is 0.325 e. The fourth-order valence-corrected chi connectivity index (χ4v) is 2.50. The summed E-state index contributed by atoms with van der Waals surface area (Å²) in [6, 6.07) is 11.9. The van der Waals surface area contributed by atoms with Gasteiger partial charge in [-0.25, -0.2) is 0 Å². The van der Waals surface area contributed by atoms with E-state index >= 15 is 0 Å². The van der Waals surface area contributed by atoms with Crippen LogP contribution >= 0.6 is 27.7 Å². The number of benzene rings is 1. The number of nitrogens with zero attached hydrogens (tertiary/aromatic N) is 1. The summed E-state index contributed by atoms with van der Waals surface area (Å²) in [5.74, 6) is 0.826. The topological polar surface area (TPSA) is 42.0 Å². The average Bonchev–Trinajstić information content (AvgIpc) is 2.46. The second kappa shape index (κ2) is 7.09. The Morgan fingerprint density at radius 1 is 1.29 bits per heavy atom. The zero-order chi connectivity index (χ0) is 15.3. The van der Waals surface area contributed by atoms with Crippen LogP contribution in [0, 0.1) is 0 Å². The maximum Gasteiger partial charge on any atom is 0.240 e. The van der Waals surface area contributed by atoms with Gasteiger partial charge in [-0.1, -0.05) is 22.0 Å². The van der Waals surface area contributed by atoms with Crippen molar-refractivity contribution in [2.24, 2.45) is 0 Å². The molecule has 0 unspecified atom stereocenters. The fourth-order valence-electron chi connectivity index (χ4n) is 1.56. The highest BCUT2D eigenvalue weighted by atomic mass is 79.9. The fraction of sp³-hybridized carbons (Fsp3) is 0.250. The first-order valence-electron chi connectivity index (χ1n) is 6.57. The lowest BCUT2D eigenvalue weighted by molar-refractivity contribution is -0.117. The molecule has 21 heavy (non-hydrogen) atoms. The molecule has 5 heteroatoms. The van der Waals surface area contributed by atoms with Crippen LogP contribution in [0.4, 0.5) is 5.69 Å². The third-order valence-electron chi connectivity index (χ3n) is 2.78. The van der Waals surface area contributed by atoms with Gasteiger partial charge < -0.3 is 5.32 Å². The Kier molecular flexibility index (Phi) is 5.42. The van der Waals surface area contributed by atoms with E-state index < -0.39 is 4.32 Å². The second-order valence-electron chi connectivity index (χ2n) is 5.10. The summed E-state index contributed by atoms with van der Waals surface area (Å²) in [6.07, 6.45) is 3.65. The van der Waals surface area contributed by atoms with E-state index in [-0.39, 0.29) is 5.91 Å². The molecule has 0 aliphatic carbocycles. The van der Waals surface area contributed by atoms with Gasteiger partial charge in [0.25, 0.3) is 0 Å². The monoisotopic (exact) mass is 364 g/mol. The number of hydrogen-bond donors (Lipinski definition) is 1. The van der Waals surface area contributed by atoms with E-state index in [1.807, 2.05) is 50.4 Å². The lowest BCUT2D eigenvalue weighted by Crippen LogP contribution is -2.30. The minimum Gasteiger partial charge on any atom is -0.325 e. The van der Waals surface area contributed by atoms with Crippen LogP contribution in [0.15, 0.2) is 53.7 Å². The van der Waals surface area contributed by atoms with Crippen LogP contribution in [0.25, 0.3) is 0 Å². The van der Waals surface area contributed by atoms with Gasteiger partial charge >= 0.3 is 0 Å². The van der Waals surface area contributed by atoms with Crippen LogP contribution in [-0.4, -0.2) is 15.2 Å². The van der Waals surface area contributed by atoms with Crippen molar-refractivity contribution in [3.8, 4) is 0 Å². The van der Waals surface area contributed by atoms with E-state index in [1.54, 1.807) is 18.0 Å². The molecule has 110 valence electrons. The standard InChI is InChI=1S/C16H17BrN2OS/c1-16(2,17)15(20)19-13-5-7-14(8-6-13)21-11-12-4-3-9-18-10-12/h3-10H,11H2,1-2H3,(H,19,20). The Labute approximate surface area is 137 Å². The molecule has 1 amide bonds. The highest BCUT2D eigenvalue weighted by Crippen LogP contribution is 2.25. The Bertz CT molecular complexity index is 594. The molecule has 0 saturated carbocycles. The molecule has 0 radical (unpaired) electrons. The van der Waals surface area contributed by atoms with Gasteiger partial charge in [0.15, 0.2) is 0 Å². The molecule has 0 atom stereocenters. The molecule has 0 fully saturated rings. The average molecular weight is 365 g/mol. The van der Waals surface area contributed by atoms with Gasteiger partial charge in [0.05, 0.1) is 4.32 Å². The molecule has 2 rings (SSSR count). The first-order chi connectivity index (χ1) is 9.95. The van der Waals surface area contributed by atoms with Gasteiger partial charge in [0.2, 0.25) is 5.91 Å². The zero-order valence-corrected chi connectivity index (χ0v) is 14.4. The first-order valence-corrected chi connectivity index (χ1v) is 8.35. The number of rotatable bonds is 5. The maximum absolute atomic E-state index is 11.9. The lowest BCUT2D eigenvalue weighted by atomic mass is 10.2. The van der Waals surface area contributed by atoms with Crippen LogP contribution in [0.1, 0.15) is 19.4 Å². The molecule has 1 aromatic carbocycles. The highest BCUT2D eigenvalue weighted by Gasteiger charge is 2.23. The SMILES string of the molecule is CC(C)(Br)C(=O)Nc1ccc(SCc2cccnc2)cc1. The number of carbonyl (C=O) groups is 1. The minimum absolute atomic E-state index is 0.0572. The molecule has 0 bridgehead atoms. The Balaban J connectivity index is 1.92. The van der Waals surface area contributed by atoms with Crippen molar-refractivity contribution in [2.45, 2.75) is 28.8 Å². The predicted molar refractivity (Wildman–Crippen MR) is 91.9 cm³/mol. The molecule has 0 aliphatic heterocycles. The smallest absolute Gasteiger partial charge is 0.240 e. The Morgan fingerprint density at radius 3 is 2.57 bits per heavy atom. The number of thioether (sulfide) groups is 1. The van der Waals surface area contributed by atoms with Crippen molar-refractivity contribution in [3.63, 3.8) is 0 Å². The van der Waals surface area contributed by atoms with E-state index in [4.69, 9.17) is 0 Å². The molecule has 1 N–H and O–H groups in total. The van der Waals surface area contributed by atoms with E-state index in [0.717, 1.165) is 16.3 Å². The second-order valence-corrected chi connectivity index (χ2v) is 8.13. The lowest BCUT2D eigenvalue weighted by Gasteiger charge is -2.15. The van der Waals surface area contributed by atoms with Crippen LogP contribution < -0.4 is 5.32 Å². The maximum atomic E-state index is 11.9. The molecule has 1 heterocycles. The van der Waals surface area contributed by atoms with Crippen molar-refractivity contribution in [1.29, 1.82) is 0 Å². The summed E-state index contributed by atoms with van der Waals surface area (Å²) < 4.78 is -0.569. The number of nitrogens with one attached hydrogen (secondary N) is 1. The van der Waals surface area contributed by atoms with Crippen LogP contribution in [0.2, 0.25) is 0 Å². The van der Waals surface area contributed by atoms with Gasteiger partial charge in [-0.2, -0.15) is 0 Å². The van der Waals surface area contributed by atoms with Crippen LogP contribution in [0.3, 0.4) is 0 Å². The van der Waals surface area contributed by atoms with Gasteiger partial charge in [0, 0.05) is 28.7 Å². The van der Waals surface area contributed by atoms with Crippen molar-refractivity contribution in [3.05, 3.63) is 54.4 Å². The van der Waals surface area contributed by atoms with Gasteiger partial charge in [-0.05, 0) is 49.7 Å². The highest BCUT2D eigenvalue weighted by molar-refractivity contribution is 9.10.